The first-order valence-corrected chi connectivity index (χ1v) is 7.18. The van der Waals surface area contributed by atoms with Crippen molar-refractivity contribution in [3.8, 4) is 5.75 Å². The van der Waals surface area contributed by atoms with Crippen LogP contribution in [0.3, 0.4) is 0 Å². The minimum atomic E-state index is -0.501. The lowest BCUT2D eigenvalue weighted by Crippen LogP contribution is -2.30. The largest absolute Gasteiger partial charge is 0.486 e. The van der Waals surface area contributed by atoms with Crippen LogP contribution < -0.4 is 15.4 Å². The Balaban J connectivity index is 0.00000264. The van der Waals surface area contributed by atoms with Crippen molar-refractivity contribution in [2.75, 3.05) is 26.2 Å². The van der Waals surface area contributed by atoms with Crippen molar-refractivity contribution < 1.29 is 14.5 Å². The van der Waals surface area contributed by atoms with Crippen molar-refractivity contribution in [2.45, 2.75) is 12.8 Å². The Hall–Kier alpha value is -2.12. The molecule has 8 heteroatoms. The van der Waals surface area contributed by atoms with Gasteiger partial charge in [0.05, 0.1) is 18.0 Å². The molecule has 1 aliphatic heterocycles. The van der Waals surface area contributed by atoms with Crippen LogP contribution in [0.4, 0.5) is 5.69 Å². The number of ether oxygens (including phenoxy) is 1. The monoisotopic (exact) mass is 341 g/mol. The highest BCUT2D eigenvalue weighted by atomic mass is 35.5. The molecule has 0 unspecified atom stereocenters. The van der Waals surface area contributed by atoms with Crippen LogP contribution in [0.1, 0.15) is 12.8 Å². The first-order valence-electron chi connectivity index (χ1n) is 7.18. The molecule has 0 saturated carbocycles. The fourth-order valence-electron chi connectivity index (χ4n) is 2.11. The summed E-state index contributed by atoms with van der Waals surface area (Å²) < 4.78 is 5.33. The van der Waals surface area contributed by atoms with Crippen LogP contribution in [-0.2, 0) is 4.79 Å². The van der Waals surface area contributed by atoms with Gasteiger partial charge < -0.3 is 15.4 Å². The fraction of sp³-hybridized carbons (Fsp3) is 0.400. The second-order valence-corrected chi connectivity index (χ2v) is 4.92. The summed E-state index contributed by atoms with van der Waals surface area (Å²) >= 11 is 0. The highest BCUT2D eigenvalue weighted by Crippen LogP contribution is 2.25. The van der Waals surface area contributed by atoms with E-state index in [0.29, 0.717) is 6.54 Å². The second kappa shape index (κ2) is 9.81. The Kier molecular flexibility index (Phi) is 8.07. The highest BCUT2D eigenvalue weighted by Gasteiger charge is 2.14. The smallest absolute Gasteiger partial charge is 0.310 e. The maximum absolute atomic E-state index is 11.7. The second-order valence-electron chi connectivity index (χ2n) is 4.92. The molecule has 1 heterocycles. The number of nitro groups is 1. The average Bonchev–Trinajstić information content (AvgIpc) is 2.54. The molecule has 126 valence electrons. The zero-order valence-electron chi connectivity index (χ0n) is 12.6. The molecule has 0 bridgehead atoms. The number of benzene rings is 1. The molecule has 1 aromatic rings. The zero-order valence-corrected chi connectivity index (χ0v) is 13.4. The molecule has 1 amide bonds. The number of nitro benzene ring substituents is 1. The number of rotatable bonds is 7. The summed E-state index contributed by atoms with van der Waals surface area (Å²) in [7, 11) is 0. The van der Waals surface area contributed by atoms with E-state index in [2.05, 4.69) is 16.7 Å². The molecular weight excluding hydrogens is 322 g/mol. The van der Waals surface area contributed by atoms with Gasteiger partial charge in [-0.15, -0.1) is 12.4 Å². The lowest BCUT2D eigenvalue weighted by atomic mass is 10.1. The van der Waals surface area contributed by atoms with Crippen LogP contribution in [-0.4, -0.2) is 37.1 Å². The molecule has 1 aliphatic rings. The van der Waals surface area contributed by atoms with E-state index in [9.17, 15) is 14.9 Å². The summed E-state index contributed by atoms with van der Waals surface area (Å²) in [5, 5.41) is 16.9. The summed E-state index contributed by atoms with van der Waals surface area (Å²) in [6, 6.07) is 6.13. The number of carbonyl (C=O) groups is 1. The molecule has 0 atom stereocenters. The van der Waals surface area contributed by atoms with E-state index in [-0.39, 0.29) is 42.8 Å². The lowest BCUT2D eigenvalue weighted by Gasteiger charge is -2.14. The van der Waals surface area contributed by atoms with E-state index >= 15 is 0 Å². The molecule has 0 radical (unpaired) electrons. The van der Waals surface area contributed by atoms with Gasteiger partial charge in [-0.05, 0) is 19.0 Å². The third-order valence-electron chi connectivity index (χ3n) is 3.32. The van der Waals surface area contributed by atoms with Crippen LogP contribution in [0.25, 0.3) is 0 Å². The van der Waals surface area contributed by atoms with Gasteiger partial charge in [0, 0.05) is 19.2 Å². The number of hydrogen-bond donors (Lipinski definition) is 2. The molecule has 1 aromatic carbocycles. The number of carbonyl (C=O) groups excluding carboxylic acids is 1. The summed E-state index contributed by atoms with van der Waals surface area (Å²) in [5.74, 6) is 0.0550. The molecule has 0 fully saturated rings. The van der Waals surface area contributed by atoms with Crippen LogP contribution >= 0.6 is 12.4 Å². The van der Waals surface area contributed by atoms with E-state index in [0.717, 1.165) is 19.5 Å². The Morgan fingerprint density at radius 3 is 2.87 bits per heavy atom. The maximum Gasteiger partial charge on any atom is 0.310 e. The van der Waals surface area contributed by atoms with Crippen molar-refractivity contribution in [3.63, 3.8) is 0 Å². The molecule has 2 N–H and O–H groups in total. The van der Waals surface area contributed by atoms with Crippen LogP contribution in [0.2, 0.25) is 0 Å². The summed E-state index contributed by atoms with van der Waals surface area (Å²) in [6.45, 7) is 2.43. The summed E-state index contributed by atoms with van der Waals surface area (Å²) in [5.41, 5.74) is 1.12. The lowest BCUT2D eigenvalue weighted by molar-refractivity contribution is -0.385. The SMILES string of the molecule is Cl.O=C(CCOc1ccccc1[N+](=O)[O-])NCC1=CCNCC1. The number of halogens is 1. The third kappa shape index (κ3) is 6.25. The normalized spacial score (nSPS) is 13.5. The number of nitrogens with one attached hydrogen (secondary N) is 2. The van der Waals surface area contributed by atoms with Crippen molar-refractivity contribution in [3.05, 3.63) is 46.0 Å². The van der Waals surface area contributed by atoms with Crippen molar-refractivity contribution in [1.29, 1.82) is 0 Å². The predicted octanol–water partition coefficient (Wildman–Crippen LogP) is 1.82. The van der Waals surface area contributed by atoms with E-state index in [1.165, 1.54) is 17.7 Å². The maximum atomic E-state index is 11.7. The van der Waals surface area contributed by atoms with Gasteiger partial charge in [0.25, 0.3) is 0 Å². The van der Waals surface area contributed by atoms with Gasteiger partial charge in [0.2, 0.25) is 5.91 Å². The first-order chi connectivity index (χ1) is 10.7. The molecule has 23 heavy (non-hydrogen) atoms. The zero-order chi connectivity index (χ0) is 15.8. The molecule has 0 spiro atoms. The quantitative estimate of drug-likeness (QED) is 0.448. The summed E-state index contributed by atoms with van der Waals surface area (Å²) in [6.07, 6.45) is 3.18. The highest BCUT2D eigenvalue weighted by molar-refractivity contribution is 5.85. The Labute approximate surface area is 140 Å². The Morgan fingerprint density at radius 2 is 2.17 bits per heavy atom. The number of amides is 1. The minimum Gasteiger partial charge on any atom is -0.486 e. The van der Waals surface area contributed by atoms with E-state index in [1.54, 1.807) is 12.1 Å². The van der Waals surface area contributed by atoms with Gasteiger partial charge in [-0.2, -0.15) is 0 Å². The minimum absolute atomic E-state index is 0. The molecule has 7 nitrogen and oxygen atoms in total. The van der Waals surface area contributed by atoms with Gasteiger partial charge in [-0.3, -0.25) is 14.9 Å². The van der Waals surface area contributed by atoms with E-state index in [1.807, 2.05) is 0 Å². The number of nitrogens with zero attached hydrogens (tertiary/aromatic N) is 1. The number of para-hydroxylation sites is 2. The Morgan fingerprint density at radius 1 is 1.39 bits per heavy atom. The van der Waals surface area contributed by atoms with Crippen molar-refractivity contribution in [1.82, 2.24) is 10.6 Å². The Bertz CT molecular complexity index is 578. The molecule has 0 saturated heterocycles. The average molecular weight is 342 g/mol. The predicted molar refractivity (Wildman–Crippen MR) is 89.0 cm³/mol. The van der Waals surface area contributed by atoms with E-state index in [4.69, 9.17) is 4.74 Å². The topological polar surface area (TPSA) is 93.5 Å². The standard InChI is InChI=1S/C15H19N3O4.ClH/c19-15(17-11-12-5-8-16-9-6-12)7-10-22-14-4-2-1-3-13(14)18(20)21;/h1-5,16H,6-11H2,(H,17,19);1H. The summed E-state index contributed by atoms with van der Waals surface area (Å²) in [4.78, 5) is 22.1. The molecule has 0 aromatic heterocycles. The third-order valence-corrected chi connectivity index (χ3v) is 3.32. The van der Waals surface area contributed by atoms with Gasteiger partial charge in [0.15, 0.2) is 5.75 Å². The molecule has 2 rings (SSSR count). The number of hydrogen-bond acceptors (Lipinski definition) is 5. The van der Waals surface area contributed by atoms with Crippen LogP contribution in [0.15, 0.2) is 35.9 Å². The van der Waals surface area contributed by atoms with Gasteiger partial charge >= 0.3 is 5.69 Å². The van der Waals surface area contributed by atoms with Crippen LogP contribution in [0.5, 0.6) is 5.75 Å². The molecule has 0 aliphatic carbocycles. The van der Waals surface area contributed by atoms with E-state index < -0.39 is 4.92 Å². The van der Waals surface area contributed by atoms with Crippen molar-refractivity contribution >= 4 is 24.0 Å². The fourth-order valence-corrected chi connectivity index (χ4v) is 2.11. The first kappa shape index (κ1) is 18.9. The molecular formula is C15H20ClN3O4. The van der Waals surface area contributed by atoms with Gasteiger partial charge in [-0.1, -0.05) is 23.8 Å². The van der Waals surface area contributed by atoms with Gasteiger partial charge in [0.1, 0.15) is 0 Å². The van der Waals surface area contributed by atoms with Gasteiger partial charge in [-0.25, -0.2) is 0 Å². The van der Waals surface area contributed by atoms with Crippen LogP contribution in [0, 0.1) is 10.1 Å². The van der Waals surface area contributed by atoms with Crippen molar-refractivity contribution in [2.24, 2.45) is 0 Å².